The molecule has 3 heterocycles. The van der Waals surface area contributed by atoms with Gasteiger partial charge in [-0.05, 0) is 41.6 Å². The van der Waals surface area contributed by atoms with E-state index in [2.05, 4.69) is 39.1 Å². The fourth-order valence-corrected chi connectivity index (χ4v) is 4.09. The van der Waals surface area contributed by atoms with Crippen molar-refractivity contribution in [3.8, 4) is 0 Å². The molecule has 0 radical (unpaired) electrons. The van der Waals surface area contributed by atoms with Gasteiger partial charge >= 0.3 is 0 Å². The highest BCUT2D eigenvalue weighted by molar-refractivity contribution is 6.28. The summed E-state index contributed by atoms with van der Waals surface area (Å²) in [6, 6.07) is 10.1. The van der Waals surface area contributed by atoms with E-state index in [9.17, 15) is 9.90 Å². The van der Waals surface area contributed by atoms with Crippen molar-refractivity contribution < 1.29 is 9.90 Å². The summed E-state index contributed by atoms with van der Waals surface area (Å²) in [4.78, 5) is 24.4. The van der Waals surface area contributed by atoms with Gasteiger partial charge < -0.3 is 10.0 Å². The normalized spacial score (nSPS) is 23.5. The van der Waals surface area contributed by atoms with Gasteiger partial charge in [0.05, 0.1) is 6.10 Å². The zero-order valence-corrected chi connectivity index (χ0v) is 15.1. The number of aliphatic hydroxyl groups excluding tert-OH is 1. The summed E-state index contributed by atoms with van der Waals surface area (Å²) < 4.78 is 0. The predicted octanol–water partition coefficient (Wildman–Crippen LogP) is 1.76. The van der Waals surface area contributed by atoms with Gasteiger partial charge in [-0.15, -0.1) is 0 Å². The first-order valence-corrected chi connectivity index (χ1v) is 9.26. The van der Waals surface area contributed by atoms with Crippen molar-refractivity contribution >= 4 is 17.5 Å². The van der Waals surface area contributed by atoms with Gasteiger partial charge in [0.25, 0.3) is 5.91 Å². The maximum Gasteiger partial charge on any atom is 0.272 e. The Labute approximate surface area is 157 Å². The number of carbonyl (C=O) groups is 1. The zero-order chi connectivity index (χ0) is 18.1. The minimum absolute atomic E-state index is 0.0540. The van der Waals surface area contributed by atoms with Crippen LogP contribution in [0.1, 0.15) is 28.0 Å². The maximum atomic E-state index is 12.6. The molecule has 6 nitrogen and oxygen atoms in total. The molecule has 0 spiro atoms. The Morgan fingerprint density at radius 1 is 1.19 bits per heavy atom. The molecule has 1 amide bonds. The summed E-state index contributed by atoms with van der Waals surface area (Å²) >= 11 is 5.77. The monoisotopic (exact) mass is 372 g/mol. The van der Waals surface area contributed by atoms with Crippen molar-refractivity contribution in [1.29, 1.82) is 0 Å². The summed E-state index contributed by atoms with van der Waals surface area (Å²) in [6.07, 6.45) is 2.64. The van der Waals surface area contributed by atoms with Crippen LogP contribution < -0.4 is 0 Å². The van der Waals surface area contributed by atoms with Gasteiger partial charge in [-0.3, -0.25) is 9.69 Å². The minimum Gasteiger partial charge on any atom is -0.390 e. The van der Waals surface area contributed by atoms with Crippen LogP contribution in [-0.2, 0) is 13.0 Å². The lowest BCUT2D eigenvalue weighted by Gasteiger charge is -2.43. The molecule has 1 aromatic heterocycles. The number of carbonyl (C=O) groups excluding carboxylic acids is 1. The van der Waals surface area contributed by atoms with E-state index in [4.69, 9.17) is 11.6 Å². The van der Waals surface area contributed by atoms with Crippen LogP contribution in [0.2, 0.25) is 5.28 Å². The van der Waals surface area contributed by atoms with Crippen molar-refractivity contribution in [3.05, 3.63) is 58.6 Å². The van der Waals surface area contributed by atoms with Crippen molar-refractivity contribution in [2.45, 2.75) is 31.5 Å². The molecule has 4 rings (SSSR count). The number of amides is 1. The summed E-state index contributed by atoms with van der Waals surface area (Å²) in [5, 5.41) is 10.7. The average Bonchev–Trinajstić information content (AvgIpc) is 2.67. The van der Waals surface area contributed by atoms with E-state index in [1.165, 1.54) is 17.3 Å². The minimum atomic E-state index is -0.574. The Kier molecular flexibility index (Phi) is 4.89. The first kappa shape index (κ1) is 17.4. The van der Waals surface area contributed by atoms with Crippen molar-refractivity contribution in [3.63, 3.8) is 0 Å². The maximum absolute atomic E-state index is 12.6. The molecule has 136 valence electrons. The van der Waals surface area contributed by atoms with Crippen LogP contribution >= 0.6 is 11.6 Å². The summed E-state index contributed by atoms with van der Waals surface area (Å²) in [7, 11) is 0. The molecule has 2 aromatic rings. The summed E-state index contributed by atoms with van der Waals surface area (Å²) in [5.41, 5.74) is 2.99. The number of hydrogen-bond donors (Lipinski definition) is 1. The molecule has 2 atom stereocenters. The lowest BCUT2D eigenvalue weighted by Crippen LogP contribution is -2.56. The molecule has 1 N–H and O–H groups in total. The fourth-order valence-electron chi connectivity index (χ4n) is 3.95. The van der Waals surface area contributed by atoms with Crippen LogP contribution in [0.25, 0.3) is 0 Å². The zero-order valence-electron chi connectivity index (χ0n) is 14.4. The topological polar surface area (TPSA) is 69.6 Å². The Morgan fingerprint density at radius 2 is 2.00 bits per heavy atom. The molecular formula is C19H21ClN4O2. The Bertz CT molecular complexity index is 816. The van der Waals surface area contributed by atoms with Crippen LogP contribution in [0.4, 0.5) is 0 Å². The number of likely N-dealkylation sites (tertiary alicyclic amines) is 1. The molecule has 7 heteroatoms. The van der Waals surface area contributed by atoms with Crippen LogP contribution in [0.5, 0.6) is 0 Å². The van der Waals surface area contributed by atoms with Gasteiger partial charge in [0.2, 0.25) is 5.28 Å². The van der Waals surface area contributed by atoms with Crippen molar-refractivity contribution in [1.82, 2.24) is 19.8 Å². The second-order valence-corrected chi connectivity index (χ2v) is 7.21. The number of piperidine rings is 1. The van der Waals surface area contributed by atoms with Crippen molar-refractivity contribution in [2.75, 3.05) is 19.6 Å². The van der Waals surface area contributed by atoms with E-state index < -0.39 is 6.10 Å². The van der Waals surface area contributed by atoms with Crippen LogP contribution in [-0.4, -0.2) is 62.6 Å². The highest BCUT2D eigenvalue weighted by Gasteiger charge is 2.35. The molecule has 26 heavy (non-hydrogen) atoms. The van der Waals surface area contributed by atoms with Gasteiger partial charge in [0.1, 0.15) is 5.69 Å². The number of aromatic nitrogens is 2. The van der Waals surface area contributed by atoms with E-state index >= 15 is 0 Å². The molecule has 1 aromatic carbocycles. The highest BCUT2D eigenvalue weighted by Crippen LogP contribution is 2.25. The number of rotatable bonds is 2. The number of aliphatic hydroxyl groups is 1. The van der Waals surface area contributed by atoms with Crippen molar-refractivity contribution in [2.24, 2.45) is 0 Å². The fraction of sp³-hybridized carbons (Fsp3) is 0.421. The number of benzene rings is 1. The van der Waals surface area contributed by atoms with Crippen LogP contribution in [0.15, 0.2) is 36.5 Å². The lowest BCUT2D eigenvalue weighted by molar-refractivity contribution is -0.0139. The Morgan fingerprint density at radius 3 is 2.77 bits per heavy atom. The first-order chi connectivity index (χ1) is 12.6. The van der Waals surface area contributed by atoms with Crippen LogP contribution in [0, 0.1) is 0 Å². The summed E-state index contributed by atoms with van der Waals surface area (Å²) in [5.74, 6) is -0.212. The third kappa shape index (κ3) is 3.45. The number of β-amino-alcohol motifs (C(OH)–C–C–N with tert-alkyl or cyclic N) is 1. The Balaban J connectivity index is 1.42. The summed E-state index contributed by atoms with van der Waals surface area (Å²) in [6.45, 7) is 2.70. The van der Waals surface area contributed by atoms with Gasteiger partial charge in [-0.2, -0.15) is 0 Å². The standard InChI is InChI=1S/C19H21ClN4O2/c20-19-21-8-5-15(22-19)18(26)24-10-7-16(17(25)12-24)23-9-6-13-3-1-2-4-14(13)11-23/h1-5,8,16-17,25H,6-7,9-12H2/t16?,17-/m0/s1. The van der Waals surface area contributed by atoms with E-state index in [1.807, 2.05) is 0 Å². The van der Waals surface area contributed by atoms with Gasteiger partial charge in [-0.1, -0.05) is 24.3 Å². The van der Waals surface area contributed by atoms with Gasteiger partial charge in [-0.25, -0.2) is 9.97 Å². The molecule has 1 fully saturated rings. The van der Waals surface area contributed by atoms with Gasteiger partial charge in [0, 0.05) is 38.4 Å². The van der Waals surface area contributed by atoms with E-state index in [1.54, 1.807) is 11.0 Å². The quantitative estimate of drug-likeness (QED) is 0.813. The average molecular weight is 373 g/mol. The number of fused-ring (bicyclic) bond motifs is 1. The number of nitrogens with zero attached hydrogens (tertiary/aromatic N) is 4. The van der Waals surface area contributed by atoms with E-state index in [0.29, 0.717) is 13.1 Å². The molecule has 0 bridgehead atoms. The lowest BCUT2D eigenvalue weighted by atomic mass is 9.94. The second kappa shape index (κ2) is 7.31. The van der Waals surface area contributed by atoms with Gasteiger partial charge in [0.15, 0.2) is 0 Å². The first-order valence-electron chi connectivity index (χ1n) is 8.88. The third-order valence-corrected chi connectivity index (χ3v) is 5.49. The molecule has 2 aliphatic heterocycles. The molecular weight excluding hydrogens is 352 g/mol. The number of hydrogen-bond acceptors (Lipinski definition) is 5. The Hall–Kier alpha value is -2.02. The van der Waals surface area contributed by atoms with E-state index in [0.717, 1.165) is 25.9 Å². The molecule has 1 unspecified atom stereocenters. The molecule has 0 aliphatic carbocycles. The highest BCUT2D eigenvalue weighted by atomic mass is 35.5. The molecule has 0 saturated carbocycles. The van der Waals surface area contributed by atoms with E-state index in [-0.39, 0.29) is 22.9 Å². The smallest absolute Gasteiger partial charge is 0.272 e. The molecule has 1 saturated heterocycles. The number of halogens is 1. The second-order valence-electron chi connectivity index (χ2n) is 6.87. The predicted molar refractivity (Wildman–Crippen MR) is 97.9 cm³/mol. The largest absolute Gasteiger partial charge is 0.390 e. The SMILES string of the molecule is O=C(c1ccnc(Cl)n1)N1CCC(N2CCc3ccccc3C2)[C@@H](O)C1. The third-order valence-electron chi connectivity index (χ3n) is 5.31. The molecule has 2 aliphatic rings. The van der Waals surface area contributed by atoms with Crippen LogP contribution in [0.3, 0.4) is 0 Å².